The first kappa shape index (κ1) is 24.0. The van der Waals surface area contributed by atoms with Gasteiger partial charge in [0.1, 0.15) is 18.8 Å². The molecule has 188 valence electrons. The molecule has 2 atom stereocenters. The summed E-state index contributed by atoms with van der Waals surface area (Å²) < 4.78 is 15.7. The normalized spacial score (nSPS) is 17.2. The molecule has 0 radical (unpaired) electrons. The van der Waals surface area contributed by atoms with Crippen molar-refractivity contribution in [3.63, 3.8) is 0 Å². The Morgan fingerprint density at radius 2 is 1.95 bits per heavy atom. The van der Waals surface area contributed by atoms with Crippen LogP contribution in [0.5, 0.6) is 0 Å². The highest BCUT2D eigenvalue weighted by Gasteiger charge is 2.40. The molecule has 1 fully saturated rings. The molecular formula is C25H23FN8O3. The van der Waals surface area contributed by atoms with E-state index in [1.165, 1.54) is 9.58 Å². The number of primary amides is 1. The zero-order chi connectivity index (χ0) is 25.9. The lowest BCUT2D eigenvalue weighted by Crippen LogP contribution is -2.46. The average Bonchev–Trinajstić information content (AvgIpc) is 3.49. The zero-order valence-electron chi connectivity index (χ0n) is 19.6. The maximum atomic E-state index is 14.3. The molecule has 0 spiro atoms. The number of nitrogens with one attached hydrogen (secondary N) is 1. The van der Waals surface area contributed by atoms with Crippen LogP contribution in [0.1, 0.15) is 22.5 Å². The lowest BCUT2D eigenvalue weighted by atomic mass is 10.0. The summed E-state index contributed by atoms with van der Waals surface area (Å²) >= 11 is 0. The van der Waals surface area contributed by atoms with Crippen LogP contribution in [-0.4, -0.2) is 66.3 Å². The Hall–Kier alpha value is -4.74. The van der Waals surface area contributed by atoms with Crippen LogP contribution in [0.15, 0.2) is 61.2 Å². The quantitative estimate of drug-likeness (QED) is 0.386. The van der Waals surface area contributed by atoms with E-state index < -0.39 is 29.9 Å². The molecule has 5 rings (SSSR count). The lowest BCUT2D eigenvalue weighted by molar-refractivity contribution is -0.139. The van der Waals surface area contributed by atoms with Gasteiger partial charge in [-0.05, 0) is 35.4 Å². The third kappa shape index (κ3) is 4.99. The summed E-state index contributed by atoms with van der Waals surface area (Å²) in [6, 6.07) is 9.62. The molecular weight excluding hydrogens is 479 g/mol. The van der Waals surface area contributed by atoms with E-state index in [0.29, 0.717) is 10.9 Å². The molecule has 4 heterocycles. The number of carbonyl (C=O) groups excluding carboxylic acids is 3. The summed E-state index contributed by atoms with van der Waals surface area (Å²) in [7, 11) is 0. The van der Waals surface area contributed by atoms with Crippen LogP contribution in [-0.2, 0) is 22.7 Å². The lowest BCUT2D eigenvalue weighted by Gasteiger charge is -2.23. The smallest absolute Gasteiger partial charge is 0.269 e. The number of nitrogens with zero attached hydrogens (tertiary/aromatic N) is 6. The minimum Gasteiger partial charge on any atom is -0.364 e. The molecule has 0 aliphatic carbocycles. The first-order valence-electron chi connectivity index (χ1n) is 11.6. The summed E-state index contributed by atoms with van der Waals surface area (Å²) in [6.07, 6.45) is 4.94. The highest BCUT2D eigenvalue weighted by Crippen LogP contribution is 2.27. The first-order chi connectivity index (χ1) is 17.9. The Labute approximate surface area is 210 Å². The molecule has 11 nitrogen and oxygen atoms in total. The van der Waals surface area contributed by atoms with E-state index >= 15 is 0 Å². The highest BCUT2D eigenvalue weighted by atomic mass is 19.1. The predicted molar refractivity (Wildman–Crippen MR) is 130 cm³/mol. The SMILES string of the molecule is NC(=O)c1nn(CC(=O)N2CC(F)CC2C(=O)NCc2cccnc2)c2ccc(-c3ccnnc3)cc12. The number of likely N-dealkylation sites (tertiary alicyclic amines) is 1. The van der Waals surface area contributed by atoms with E-state index in [1.807, 2.05) is 0 Å². The molecule has 12 heteroatoms. The second kappa shape index (κ2) is 10.1. The maximum absolute atomic E-state index is 14.3. The van der Waals surface area contributed by atoms with Crippen molar-refractivity contribution in [3.8, 4) is 11.1 Å². The molecule has 3 aromatic heterocycles. The molecule has 3 N–H and O–H groups in total. The predicted octanol–water partition coefficient (Wildman–Crippen LogP) is 1.24. The Bertz CT molecular complexity index is 1460. The zero-order valence-corrected chi connectivity index (χ0v) is 19.6. The van der Waals surface area contributed by atoms with Crippen LogP contribution < -0.4 is 11.1 Å². The molecule has 37 heavy (non-hydrogen) atoms. The number of aromatic nitrogens is 5. The Morgan fingerprint density at radius 1 is 1.08 bits per heavy atom. The van der Waals surface area contributed by atoms with Gasteiger partial charge < -0.3 is 16.0 Å². The van der Waals surface area contributed by atoms with Gasteiger partial charge in [-0.1, -0.05) is 12.1 Å². The Balaban J connectivity index is 1.37. The average molecular weight is 503 g/mol. The third-order valence-electron chi connectivity index (χ3n) is 6.25. The van der Waals surface area contributed by atoms with Gasteiger partial charge in [-0.15, -0.1) is 0 Å². The number of alkyl halides is 1. The van der Waals surface area contributed by atoms with Gasteiger partial charge in [0.15, 0.2) is 5.69 Å². The maximum Gasteiger partial charge on any atom is 0.269 e. The molecule has 0 saturated carbocycles. The molecule has 2 unspecified atom stereocenters. The summed E-state index contributed by atoms with van der Waals surface area (Å²) in [5.41, 5.74) is 8.39. The standard InChI is InChI=1S/C25H23FN8O3/c26-18-9-21(25(37)29-11-15-2-1-6-28-10-15)33(13-18)22(35)14-34-20-4-3-16(17-5-7-30-31-12-17)8-19(20)23(32-34)24(27)36/h1-8,10,12,18,21H,9,11,13-14H2,(H2,27,36)(H,29,37). The highest BCUT2D eigenvalue weighted by molar-refractivity contribution is 6.05. The van der Waals surface area contributed by atoms with E-state index in [0.717, 1.165) is 16.7 Å². The van der Waals surface area contributed by atoms with Crippen LogP contribution in [0.2, 0.25) is 0 Å². The molecule has 3 amide bonds. The van der Waals surface area contributed by atoms with Gasteiger partial charge >= 0.3 is 0 Å². The van der Waals surface area contributed by atoms with Crippen molar-refractivity contribution in [3.05, 3.63) is 72.4 Å². The number of halogens is 1. The van der Waals surface area contributed by atoms with Crippen LogP contribution in [0.3, 0.4) is 0 Å². The Kier molecular flexibility index (Phi) is 6.54. The van der Waals surface area contributed by atoms with Crippen molar-refractivity contribution in [2.75, 3.05) is 6.54 Å². The largest absolute Gasteiger partial charge is 0.364 e. The summed E-state index contributed by atoms with van der Waals surface area (Å²) in [6.45, 7) is -0.285. The van der Waals surface area contributed by atoms with Crippen molar-refractivity contribution in [1.82, 2.24) is 35.2 Å². The van der Waals surface area contributed by atoms with Gasteiger partial charge in [-0.3, -0.25) is 24.0 Å². The topological polar surface area (TPSA) is 149 Å². The monoisotopic (exact) mass is 502 g/mol. The number of carbonyl (C=O) groups is 3. The van der Waals surface area contributed by atoms with E-state index in [2.05, 4.69) is 25.6 Å². The second-order valence-corrected chi connectivity index (χ2v) is 8.71. The minimum atomic E-state index is -1.33. The van der Waals surface area contributed by atoms with Gasteiger partial charge in [-0.25, -0.2) is 4.39 Å². The fourth-order valence-corrected chi connectivity index (χ4v) is 4.46. The fourth-order valence-electron chi connectivity index (χ4n) is 4.46. The minimum absolute atomic E-state index is 0.00205. The van der Waals surface area contributed by atoms with E-state index in [-0.39, 0.29) is 31.7 Å². The summed E-state index contributed by atoms with van der Waals surface area (Å²) in [5.74, 6) is -1.69. The second-order valence-electron chi connectivity index (χ2n) is 8.71. The van der Waals surface area contributed by atoms with Crippen molar-refractivity contribution in [2.24, 2.45) is 5.73 Å². The molecule has 1 aliphatic heterocycles. The number of benzene rings is 1. The van der Waals surface area contributed by atoms with Crippen LogP contribution in [0.25, 0.3) is 22.0 Å². The number of pyridine rings is 1. The van der Waals surface area contributed by atoms with E-state index in [1.54, 1.807) is 61.2 Å². The van der Waals surface area contributed by atoms with Crippen LogP contribution >= 0.6 is 0 Å². The molecule has 4 aromatic rings. The Morgan fingerprint density at radius 3 is 2.68 bits per heavy atom. The number of fused-ring (bicyclic) bond motifs is 1. The van der Waals surface area contributed by atoms with Crippen molar-refractivity contribution in [1.29, 1.82) is 0 Å². The van der Waals surface area contributed by atoms with Crippen molar-refractivity contribution < 1.29 is 18.8 Å². The number of hydrogen-bond acceptors (Lipinski definition) is 7. The number of rotatable bonds is 7. The summed E-state index contributed by atoms with van der Waals surface area (Å²) in [5, 5.41) is 15.1. The third-order valence-corrected chi connectivity index (χ3v) is 6.25. The molecule has 1 saturated heterocycles. The number of hydrogen-bond donors (Lipinski definition) is 2. The van der Waals surface area contributed by atoms with Crippen molar-refractivity contribution in [2.45, 2.75) is 31.7 Å². The van der Waals surface area contributed by atoms with Gasteiger partial charge in [0, 0.05) is 36.3 Å². The number of amides is 3. The number of nitrogens with two attached hydrogens (primary N) is 1. The molecule has 0 bridgehead atoms. The van der Waals surface area contributed by atoms with Gasteiger partial charge in [0.05, 0.1) is 24.5 Å². The fraction of sp³-hybridized carbons (Fsp3) is 0.240. The first-order valence-corrected chi connectivity index (χ1v) is 11.6. The van der Waals surface area contributed by atoms with Crippen LogP contribution in [0.4, 0.5) is 4.39 Å². The van der Waals surface area contributed by atoms with Gasteiger partial charge in [0.2, 0.25) is 11.8 Å². The van der Waals surface area contributed by atoms with E-state index in [9.17, 15) is 18.8 Å². The molecule has 1 aliphatic rings. The molecule has 1 aromatic carbocycles. The van der Waals surface area contributed by atoms with Crippen LogP contribution in [0, 0.1) is 0 Å². The summed E-state index contributed by atoms with van der Waals surface area (Å²) in [4.78, 5) is 43.4. The van der Waals surface area contributed by atoms with E-state index in [4.69, 9.17) is 5.73 Å². The van der Waals surface area contributed by atoms with Gasteiger partial charge in [0.25, 0.3) is 5.91 Å². The van der Waals surface area contributed by atoms with Gasteiger partial charge in [-0.2, -0.15) is 15.3 Å². The van der Waals surface area contributed by atoms with Crippen molar-refractivity contribution >= 4 is 28.6 Å².